The topological polar surface area (TPSA) is 111 Å². The molecule has 0 aromatic heterocycles. The molecular formula is C27H37F3N2O6. The van der Waals surface area contributed by atoms with Gasteiger partial charge in [-0.15, -0.1) is 13.2 Å². The van der Waals surface area contributed by atoms with Gasteiger partial charge in [0, 0.05) is 31.7 Å². The normalized spacial score (nSPS) is 12.1. The summed E-state index contributed by atoms with van der Waals surface area (Å²) in [5.74, 6) is -1.21. The van der Waals surface area contributed by atoms with Gasteiger partial charge < -0.3 is 30.0 Å². The summed E-state index contributed by atoms with van der Waals surface area (Å²) in [5.41, 5.74) is 6.75. The zero-order valence-corrected chi connectivity index (χ0v) is 22.4. The van der Waals surface area contributed by atoms with E-state index in [4.69, 9.17) is 20.3 Å². The van der Waals surface area contributed by atoms with Crippen molar-refractivity contribution in [3.63, 3.8) is 0 Å². The van der Waals surface area contributed by atoms with Gasteiger partial charge in [-0.3, -0.25) is 4.79 Å². The molecule has 8 nitrogen and oxygen atoms in total. The SMILES string of the molecule is CC(C)(C)N.CCO[C@@H](Cc1ccc(OCC(=O)N(CC)Cc2ccc(OC(F)(F)F)cc2)cc1)C(=O)O. The predicted molar refractivity (Wildman–Crippen MR) is 137 cm³/mol. The number of nitrogens with zero attached hydrogens (tertiary/aromatic N) is 1. The van der Waals surface area contributed by atoms with E-state index in [0.717, 1.165) is 5.56 Å². The summed E-state index contributed by atoms with van der Waals surface area (Å²) < 4.78 is 51.3. The minimum Gasteiger partial charge on any atom is -0.484 e. The first-order chi connectivity index (χ1) is 17.6. The minimum absolute atomic E-state index is 0. The Labute approximate surface area is 221 Å². The zero-order valence-electron chi connectivity index (χ0n) is 22.4. The number of ether oxygens (including phenoxy) is 3. The highest BCUT2D eigenvalue weighted by Crippen LogP contribution is 2.23. The lowest BCUT2D eigenvalue weighted by Gasteiger charge is -2.21. The van der Waals surface area contributed by atoms with Gasteiger partial charge in [0.1, 0.15) is 11.5 Å². The number of hydrogen-bond donors (Lipinski definition) is 2. The fourth-order valence-corrected chi connectivity index (χ4v) is 2.98. The van der Waals surface area contributed by atoms with Crippen LogP contribution in [0.15, 0.2) is 48.5 Å². The van der Waals surface area contributed by atoms with Gasteiger partial charge in [0.15, 0.2) is 12.7 Å². The maximum Gasteiger partial charge on any atom is 0.573 e. The van der Waals surface area contributed by atoms with Gasteiger partial charge in [0.05, 0.1) is 0 Å². The Hall–Kier alpha value is -3.31. The van der Waals surface area contributed by atoms with Crippen LogP contribution < -0.4 is 15.2 Å². The Morgan fingerprint density at radius 2 is 1.45 bits per heavy atom. The van der Waals surface area contributed by atoms with Gasteiger partial charge in [-0.2, -0.15) is 0 Å². The number of benzene rings is 2. The van der Waals surface area contributed by atoms with Crippen molar-refractivity contribution in [3.8, 4) is 11.5 Å². The number of amides is 1. The molecule has 0 aliphatic carbocycles. The standard InChI is InChI=1S/C23H26F3NO6.C4H11N/c1-3-27(14-17-7-11-19(12-8-17)33-23(24,25)26)21(28)15-32-18-9-5-16(6-10-18)13-20(22(29)30)31-4-2;1-4(2,3)5/h5-12,20H,3-4,13-15H2,1-2H3,(H,29,30);5H2,1-3H3/t20-;/m0./s1. The van der Waals surface area contributed by atoms with E-state index >= 15 is 0 Å². The average molecular weight is 543 g/mol. The monoisotopic (exact) mass is 542 g/mol. The van der Waals surface area contributed by atoms with E-state index in [2.05, 4.69) is 4.74 Å². The Morgan fingerprint density at radius 3 is 1.89 bits per heavy atom. The van der Waals surface area contributed by atoms with Crippen molar-refractivity contribution in [2.45, 2.75) is 65.6 Å². The van der Waals surface area contributed by atoms with Gasteiger partial charge >= 0.3 is 12.3 Å². The molecule has 1 atom stereocenters. The predicted octanol–water partition coefficient (Wildman–Crippen LogP) is 4.79. The molecule has 0 bridgehead atoms. The number of carbonyl (C=O) groups excluding carboxylic acids is 1. The van der Waals surface area contributed by atoms with Crippen LogP contribution in [0, 0.1) is 0 Å². The van der Waals surface area contributed by atoms with E-state index in [1.54, 1.807) is 38.1 Å². The second kappa shape index (κ2) is 15.2. The van der Waals surface area contributed by atoms with Crippen molar-refractivity contribution < 1.29 is 42.1 Å². The lowest BCUT2D eigenvalue weighted by atomic mass is 10.1. The summed E-state index contributed by atoms with van der Waals surface area (Å²) in [7, 11) is 0. The van der Waals surface area contributed by atoms with Crippen molar-refractivity contribution in [1.82, 2.24) is 4.90 Å². The Kier molecular flexibility index (Phi) is 13.1. The van der Waals surface area contributed by atoms with Crippen LogP contribution in [0.1, 0.15) is 45.7 Å². The second-order valence-corrected chi connectivity index (χ2v) is 9.38. The molecule has 0 aliphatic heterocycles. The minimum atomic E-state index is -4.76. The smallest absolute Gasteiger partial charge is 0.484 e. The molecular weight excluding hydrogens is 505 g/mol. The van der Waals surface area contributed by atoms with Crippen molar-refractivity contribution >= 4 is 11.9 Å². The number of carboxylic acid groups (broad SMARTS) is 1. The number of likely N-dealkylation sites (N-methyl/N-ethyl adjacent to an activating group) is 1. The maximum atomic E-state index is 12.5. The zero-order chi connectivity index (χ0) is 28.9. The number of alkyl halides is 3. The van der Waals surface area contributed by atoms with E-state index in [1.807, 2.05) is 20.8 Å². The van der Waals surface area contributed by atoms with Crippen molar-refractivity contribution in [2.75, 3.05) is 19.8 Å². The summed E-state index contributed by atoms with van der Waals surface area (Å²) in [6.45, 7) is 10.1. The van der Waals surface area contributed by atoms with Crippen LogP contribution in [0.2, 0.25) is 0 Å². The molecule has 3 N–H and O–H groups in total. The van der Waals surface area contributed by atoms with Crippen LogP contribution in [0.25, 0.3) is 0 Å². The number of nitrogens with two attached hydrogens (primary N) is 1. The third kappa shape index (κ3) is 14.4. The highest BCUT2D eigenvalue weighted by Gasteiger charge is 2.31. The summed E-state index contributed by atoms with van der Waals surface area (Å²) in [6.07, 6.45) is -5.49. The molecule has 11 heteroatoms. The Morgan fingerprint density at radius 1 is 0.947 bits per heavy atom. The van der Waals surface area contributed by atoms with Crippen LogP contribution >= 0.6 is 0 Å². The molecule has 0 fully saturated rings. The van der Waals surface area contributed by atoms with E-state index in [-0.39, 0.29) is 36.8 Å². The lowest BCUT2D eigenvalue weighted by molar-refractivity contribution is -0.274. The lowest BCUT2D eigenvalue weighted by Crippen LogP contribution is -2.34. The maximum absolute atomic E-state index is 12.5. The average Bonchev–Trinajstić information content (AvgIpc) is 2.80. The van der Waals surface area contributed by atoms with Gasteiger partial charge in [-0.25, -0.2) is 4.79 Å². The van der Waals surface area contributed by atoms with Gasteiger partial charge in [-0.05, 0) is 70.0 Å². The summed E-state index contributed by atoms with van der Waals surface area (Å²) in [5, 5.41) is 9.16. The molecule has 0 unspecified atom stereocenters. The Balaban J connectivity index is 0.00000132. The molecule has 0 saturated heterocycles. The van der Waals surface area contributed by atoms with Crippen LogP contribution in [-0.4, -0.2) is 59.6 Å². The first-order valence-corrected chi connectivity index (χ1v) is 12.1. The van der Waals surface area contributed by atoms with Gasteiger partial charge in [0.25, 0.3) is 5.91 Å². The number of hydrogen-bond acceptors (Lipinski definition) is 6. The number of carbonyl (C=O) groups is 2. The van der Waals surface area contributed by atoms with Crippen molar-refractivity contribution in [1.29, 1.82) is 0 Å². The second-order valence-electron chi connectivity index (χ2n) is 9.38. The number of carboxylic acids is 1. The molecule has 2 aromatic carbocycles. The molecule has 0 heterocycles. The van der Waals surface area contributed by atoms with Crippen molar-refractivity contribution in [3.05, 3.63) is 59.7 Å². The molecule has 2 rings (SSSR count). The van der Waals surface area contributed by atoms with E-state index in [9.17, 15) is 22.8 Å². The largest absolute Gasteiger partial charge is 0.573 e. The molecule has 2 aromatic rings. The molecule has 0 aliphatic rings. The van der Waals surface area contributed by atoms with Gasteiger partial charge in [0.2, 0.25) is 0 Å². The van der Waals surface area contributed by atoms with E-state index in [0.29, 0.717) is 24.5 Å². The molecule has 38 heavy (non-hydrogen) atoms. The Bertz CT molecular complexity index is 984. The quantitative estimate of drug-likeness (QED) is 0.397. The summed E-state index contributed by atoms with van der Waals surface area (Å²) in [4.78, 5) is 25.2. The molecule has 0 saturated carbocycles. The number of rotatable bonds is 12. The van der Waals surface area contributed by atoms with E-state index < -0.39 is 18.4 Å². The fourth-order valence-electron chi connectivity index (χ4n) is 2.98. The molecule has 0 radical (unpaired) electrons. The third-order valence-corrected chi connectivity index (χ3v) is 4.61. The van der Waals surface area contributed by atoms with Crippen LogP contribution in [-0.2, 0) is 27.3 Å². The third-order valence-electron chi connectivity index (χ3n) is 4.61. The molecule has 1 amide bonds. The fraction of sp³-hybridized carbons (Fsp3) is 0.481. The summed E-state index contributed by atoms with van der Waals surface area (Å²) in [6, 6.07) is 12.0. The van der Waals surface area contributed by atoms with Crippen LogP contribution in [0.3, 0.4) is 0 Å². The summed E-state index contributed by atoms with van der Waals surface area (Å²) >= 11 is 0. The van der Waals surface area contributed by atoms with Gasteiger partial charge in [-0.1, -0.05) is 24.3 Å². The highest BCUT2D eigenvalue weighted by molar-refractivity contribution is 5.77. The highest BCUT2D eigenvalue weighted by atomic mass is 19.4. The van der Waals surface area contributed by atoms with E-state index in [1.165, 1.54) is 29.2 Å². The van der Waals surface area contributed by atoms with Crippen LogP contribution in [0.4, 0.5) is 13.2 Å². The van der Waals surface area contributed by atoms with Crippen molar-refractivity contribution in [2.24, 2.45) is 5.73 Å². The first kappa shape index (κ1) is 32.7. The molecule has 212 valence electrons. The number of halogens is 3. The first-order valence-electron chi connectivity index (χ1n) is 12.1. The molecule has 0 spiro atoms. The number of aliphatic carboxylic acids is 1. The van der Waals surface area contributed by atoms with Crippen LogP contribution in [0.5, 0.6) is 11.5 Å².